The van der Waals surface area contributed by atoms with Gasteiger partial charge < -0.3 is 15.3 Å². The Bertz CT molecular complexity index is 830. The Kier molecular flexibility index (Phi) is 3.69. The third kappa shape index (κ3) is 2.80. The first-order valence-corrected chi connectivity index (χ1v) is 7.52. The summed E-state index contributed by atoms with van der Waals surface area (Å²) in [7, 11) is 1.94. The van der Waals surface area contributed by atoms with Crippen molar-refractivity contribution in [2.75, 3.05) is 7.05 Å². The van der Waals surface area contributed by atoms with Gasteiger partial charge in [0, 0.05) is 4.47 Å². The number of hydrogen-bond acceptors (Lipinski definition) is 2. The lowest BCUT2D eigenvalue weighted by Crippen LogP contribution is -2.17. The number of aromatic nitrogens is 2. The van der Waals surface area contributed by atoms with E-state index in [0.717, 1.165) is 21.1 Å². The molecule has 0 saturated carbocycles. The summed E-state index contributed by atoms with van der Waals surface area (Å²) in [5.41, 5.74) is 4.96. The molecule has 0 radical (unpaired) electrons. The molecule has 3 aromatic rings. The Morgan fingerprint density at radius 3 is 2.52 bits per heavy atom. The SMILES string of the molecule is CNC(c1cc(C)cc(Br)c1)c1ccc2[nH]c(=O)[nH]c2c1. The summed E-state index contributed by atoms with van der Waals surface area (Å²) in [6.45, 7) is 2.08. The number of aromatic amines is 2. The molecule has 0 aliphatic rings. The molecule has 0 aliphatic carbocycles. The molecule has 1 heterocycles. The molecule has 4 nitrogen and oxygen atoms in total. The molecule has 0 amide bonds. The van der Waals surface area contributed by atoms with Crippen LogP contribution in [0.2, 0.25) is 0 Å². The van der Waals surface area contributed by atoms with Crippen LogP contribution in [-0.4, -0.2) is 17.0 Å². The zero-order chi connectivity index (χ0) is 15.0. The molecule has 1 aromatic heterocycles. The summed E-state index contributed by atoms with van der Waals surface area (Å²) in [5, 5.41) is 3.34. The van der Waals surface area contributed by atoms with E-state index in [0.29, 0.717) is 0 Å². The van der Waals surface area contributed by atoms with E-state index in [1.165, 1.54) is 11.1 Å². The van der Waals surface area contributed by atoms with Gasteiger partial charge in [0.2, 0.25) is 0 Å². The minimum atomic E-state index is -0.179. The highest BCUT2D eigenvalue weighted by Crippen LogP contribution is 2.27. The summed E-state index contributed by atoms with van der Waals surface area (Å²) < 4.78 is 1.06. The largest absolute Gasteiger partial charge is 0.323 e. The van der Waals surface area contributed by atoms with Gasteiger partial charge in [0.1, 0.15) is 0 Å². The average Bonchev–Trinajstić information content (AvgIpc) is 2.78. The molecule has 2 aromatic carbocycles. The average molecular weight is 346 g/mol. The van der Waals surface area contributed by atoms with E-state index in [1.807, 2.05) is 25.2 Å². The molecule has 1 atom stereocenters. The minimum Gasteiger partial charge on any atom is -0.309 e. The van der Waals surface area contributed by atoms with Crippen LogP contribution in [0, 0.1) is 6.92 Å². The van der Waals surface area contributed by atoms with Crippen molar-refractivity contribution >= 4 is 27.0 Å². The molecule has 1 unspecified atom stereocenters. The van der Waals surface area contributed by atoms with Crippen molar-refractivity contribution in [1.82, 2.24) is 15.3 Å². The molecule has 5 heteroatoms. The van der Waals surface area contributed by atoms with E-state index in [9.17, 15) is 4.79 Å². The molecule has 0 bridgehead atoms. The van der Waals surface area contributed by atoms with E-state index in [-0.39, 0.29) is 11.7 Å². The Morgan fingerprint density at radius 1 is 1.05 bits per heavy atom. The lowest BCUT2D eigenvalue weighted by atomic mass is 9.97. The summed E-state index contributed by atoms with van der Waals surface area (Å²) in [6.07, 6.45) is 0. The quantitative estimate of drug-likeness (QED) is 0.682. The molecule has 21 heavy (non-hydrogen) atoms. The molecule has 108 valence electrons. The Labute approximate surface area is 130 Å². The predicted molar refractivity (Wildman–Crippen MR) is 88.7 cm³/mol. The maximum absolute atomic E-state index is 11.4. The van der Waals surface area contributed by atoms with E-state index < -0.39 is 0 Å². The standard InChI is InChI=1S/C16H16BrN3O/c1-9-5-11(7-12(17)6-9)15(18-2)10-3-4-13-14(8-10)20-16(21)19-13/h3-8,15,18H,1-2H3,(H2,19,20,21). The third-order valence-corrected chi connectivity index (χ3v) is 4.02. The van der Waals surface area contributed by atoms with Crippen LogP contribution >= 0.6 is 15.9 Å². The van der Waals surface area contributed by atoms with Crippen molar-refractivity contribution in [1.29, 1.82) is 0 Å². The molecule has 0 fully saturated rings. The van der Waals surface area contributed by atoms with Gasteiger partial charge in [-0.3, -0.25) is 0 Å². The number of benzene rings is 2. The summed E-state index contributed by atoms with van der Waals surface area (Å²) in [5.74, 6) is 0. The molecule has 3 rings (SSSR count). The Balaban J connectivity index is 2.10. The van der Waals surface area contributed by atoms with Crippen molar-refractivity contribution in [2.45, 2.75) is 13.0 Å². The Hall–Kier alpha value is -1.85. The first-order chi connectivity index (χ1) is 10.1. The fourth-order valence-corrected chi connectivity index (χ4v) is 3.31. The first kappa shape index (κ1) is 14.1. The van der Waals surface area contributed by atoms with Crippen molar-refractivity contribution in [3.8, 4) is 0 Å². The second-order valence-corrected chi connectivity index (χ2v) is 6.08. The van der Waals surface area contributed by atoms with Crippen LogP contribution in [0.25, 0.3) is 11.0 Å². The second kappa shape index (κ2) is 5.50. The minimum absolute atomic E-state index is 0.0732. The molecular formula is C16H16BrN3O. The van der Waals surface area contributed by atoms with E-state index in [4.69, 9.17) is 0 Å². The van der Waals surface area contributed by atoms with Crippen molar-refractivity contribution < 1.29 is 0 Å². The lowest BCUT2D eigenvalue weighted by Gasteiger charge is -2.18. The van der Waals surface area contributed by atoms with Crippen LogP contribution in [0.4, 0.5) is 0 Å². The smallest absolute Gasteiger partial charge is 0.309 e. The number of nitrogens with one attached hydrogen (secondary N) is 3. The summed E-state index contributed by atoms with van der Waals surface area (Å²) in [4.78, 5) is 16.9. The number of rotatable bonds is 3. The van der Waals surface area contributed by atoms with E-state index >= 15 is 0 Å². The fourth-order valence-electron chi connectivity index (χ4n) is 2.69. The van der Waals surface area contributed by atoms with Crippen LogP contribution < -0.4 is 11.0 Å². The summed E-state index contributed by atoms with van der Waals surface area (Å²) >= 11 is 3.55. The van der Waals surface area contributed by atoms with Gasteiger partial charge in [-0.25, -0.2) is 4.79 Å². The van der Waals surface area contributed by atoms with Gasteiger partial charge in [0.15, 0.2) is 0 Å². The van der Waals surface area contributed by atoms with Crippen LogP contribution in [0.1, 0.15) is 22.7 Å². The maximum Gasteiger partial charge on any atom is 0.323 e. The second-order valence-electron chi connectivity index (χ2n) is 5.17. The Morgan fingerprint density at radius 2 is 1.81 bits per heavy atom. The fraction of sp³-hybridized carbons (Fsp3) is 0.188. The van der Waals surface area contributed by atoms with E-state index in [1.54, 1.807) is 0 Å². The number of H-pyrrole nitrogens is 2. The van der Waals surface area contributed by atoms with Crippen LogP contribution in [0.15, 0.2) is 45.7 Å². The van der Waals surface area contributed by atoms with Gasteiger partial charge in [-0.1, -0.05) is 28.1 Å². The van der Waals surface area contributed by atoms with Gasteiger partial charge in [-0.15, -0.1) is 0 Å². The van der Waals surface area contributed by atoms with Gasteiger partial charge in [-0.2, -0.15) is 0 Å². The maximum atomic E-state index is 11.4. The zero-order valence-electron chi connectivity index (χ0n) is 11.8. The van der Waals surface area contributed by atoms with Crippen LogP contribution in [0.5, 0.6) is 0 Å². The van der Waals surface area contributed by atoms with Crippen LogP contribution in [-0.2, 0) is 0 Å². The van der Waals surface area contributed by atoms with Crippen LogP contribution in [0.3, 0.4) is 0 Å². The molecule has 0 spiro atoms. The molecule has 0 aliphatic heterocycles. The normalized spacial score (nSPS) is 12.7. The number of aryl methyl sites for hydroxylation is 1. The van der Waals surface area contributed by atoms with Gasteiger partial charge in [0.05, 0.1) is 17.1 Å². The van der Waals surface area contributed by atoms with Gasteiger partial charge in [0.25, 0.3) is 0 Å². The number of halogens is 1. The molecular weight excluding hydrogens is 330 g/mol. The van der Waals surface area contributed by atoms with Crippen molar-refractivity contribution in [2.24, 2.45) is 0 Å². The topological polar surface area (TPSA) is 60.7 Å². The van der Waals surface area contributed by atoms with Crippen molar-refractivity contribution in [3.05, 3.63) is 68.0 Å². The number of hydrogen-bond donors (Lipinski definition) is 3. The number of fused-ring (bicyclic) bond motifs is 1. The predicted octanol–water partition coefficient (Wildman–Crippen LogP) is 3.24. The molecule has 3 N–H and O–H groups in total. The summed E-state index contributed by atoms with van der Waals surface area (Å²) in [6, 6.07) is 12.4. The van der Waals surface area contributed by atoms with Gasteiger partial charge >= 0.3 is 5.69 Å². The highest BCUT2D eigenvalue weighted by atomic mass is 79.9. The van der Waals surface area contributed by atoms with Crippen molar-refractivity contribution in [3.63, 3.8) is 0 Å². The first-order valence-electron chi connectivity index (χ1n) is 6.73. The van der Waals surface area contributed by atoms with E-state index in [2.05, 4.69) is 56.3 Å². The highest BCUT2D eigenvalue weighted by molar-refractivity contribution is 9.10. The monoisotopic (exact) mass is 345 g/mol. The van der Waals surface area contributed by atoms with Gasteiger partial charge in [-0.05, 0) is 54.9 Å². The third-order valence-electron chi connectivity index (χ3n) is 3.56. The lowest BCUT2D eigenvalue weighted by molar-refractivity contribution is 0.691. The highest BCUT2D eigenvalue weighted by Gasteiger charge is 2.14. The number of imidazole rings is 1. The zero-order valence-corrected chi connectivity index (χ0v) is 13.4. The molecule has 0 saturated heterocycles.